The van der Waals surface area contributed by atoms with Gasteiger partial charge in [-0.25, -0.2) is 4.98 Å². The van der Waals surface area contributed by atoms with E-state index in [0.717, 1.165) is 17.9 Å². The van der Waals surface area contributed by atoms with Gasteiger partial charge in [-0.15, -0.1) is 0 Å². The first kappa shape index (κ1) is 6.99. The molecule has 1 aromatic heterocycles. The first-order valence-electron chi connectivity index (χ1n) is 3.19. The molecule has 0 aliphatic rings. The first-order chi connectivity index (χ1) is 4.77. The van der Waals surface area contributed by atoms with E-state index in [1.807, 2.05) is 13.8 Å². The third kappa shape index (κ3) is 1.07. The van der Waals surface area contributed by atoms with Gasteiger partial charge < -0.3 is 4.42 Å². The van der Waals surface area contributed by atoms with Gasteiger partial charge in [-0.1, -0.05) is 6.92 Å². The number of aryl methyl sites for hydroxylation is 2. The van der Waals surface area contributed by atoms with Gasteiger partial charge in [0.25, 0.3) is 5.89 Å². The molecule has 3 nitrogen and oxygen atoms in total. The van der Waals surface area contributed by atoms with E-state index >= 15 is 0 Å². The molecule has 0 amide bonds. The Morgan fingerprint density at radius 3 is 2.70 bits per heavy atom. The highest BCUT2D eigenvalue weighted by Gasteiger charge is 2.04. The summed E-state index contributed by atoms with van der Waals surface area (Å²) in [6.45, 7) is 3.79. The smallest absolute Gasteiger partial charge is 0.260 e. The number of aldehydes is 1. The zero-order valence-corrected chi connectivity index (χ0v) is 6.05. The second kappa shape index (κ2) is 2.64. The number of nitrogens with zero attached hydrogens (tertiary/aromatic N) is 1. The minimum atomic E-state index is 0.175. The van der Waals surface area contributed by atoms with Crippen molar-refractivity contribution in [3.63, 3.8) is 0 Å². The van der Waals surface area contributed by atoms with Crippen LogP contribution in [0.3, 0.4) is 0 Å². The molecule has 0 saturated heterocycles. The van der Waals surface area contributed by atoms with Gasteiger partial charge in [-0.2, -0.15) is 0 Å². The molecule has 0 aliphatic carbocycles. The summed E-state index contributed by atoms with van der Waals surface area (Å²) >= 11 is 0. The number of hydrogen-bond acceptors (Lipinski definition) is 3. The van der Waals surface area contributed by atoms with Gasteiger partial charge >= 0.3 is 0 Å². The lowest BCUT2D eigenvalue weighted by Crippen LogP contribution is -1.78. The molecule has 0 N–H and O–H groups in total. The largest absolute Gasteiger partial charge is 0.439 e. The van der Waals surface area contributed by atoms with E-state index in [2.05, 4.69) is 4.98 Å². The van der Waals surface area contributed by atoms with Crippen LogP contribution in [0.4, 0.5) is 0 Å². The number of hydrogen-bond donors (Lipinski definition) is 0. The molecule has 0 unspecified atom stereocenters. The van der Waals surface area contributed by atoms with E-state index in [9.17, 15) is 4.79 Å². The molecule has 0 spiro atoms. The summed E-state index contributed by atoms with van der Waals surface area (Å²) in [7, 11) is 0. The van der Waals surface area contributed by atoms with Crippen molar-refractivity contribution in [2.24, 2.45) is 0 Å². The van der Waals surface area contributed by atoms with E-state index in [4.69, 9.17) is 4.42 Å². The maximum atomic E-state index is 10.1. The Bertz CT molecular complexity index is 240. The van der Waals surface area contributed by atoms with Crippen molar-refractivity contribution < 1.29 is 9.21 Å². The van der Waals surface area contributed by atoms with Crippen molar-refractivity contribution in [2.75, 3.05) is 0 Å². The molecule has 1 rings (SSSR count). The Kier molecular flexibility index (Phi) is 1.85. The van der Waals surface area contributed by atoms with E-state index in [1.165, 1.54) is 0 Å². The maximum Gasteiger partial charge on any atom is 0.260 e. The SMILES string of the molecule is CCc1oc(C=O)nc1C. The summed E-state index contributed by atoms with van der Waals surface area (Å²) < 4.78 is 5.03. The van der Waals surface area contributed by atoms with Crippen molar-refractivity contribution >= 4 is 6.29 Å². The fraction of sp³-hybridized carbons (Fsp3) is 0.429. The minimum absolute atomic E-state index is 0.175. The van der Waals surface area contributed by atoms with Crippen LogP contribution in [0.2, 0.25) is 0 Å². The van der Waals surface area contributed by atoms with Crippen LogP contribution in [-0.4, -0.2) is 11.3 Å². The quantitative estimate of drug-likeness (QED) is 0.581. The summed E-state index contributed by atoms with van der Waals surface area (Å²) in [5.74, 6) is 0.969. The highest BCUT2D eigenvalue weighted by atomic mass is 16.4. The van der Waals surface area contributed by atoms with Crippen LogP contribution in [0.1, 0.15) is 29.1 Å². The molecular weight excluding hydrogens is 130 g/mol. The van der Waals surface area contributed by atoms with Gasteiger partial charge in [0, 0.05) is 6.42 Å². The van der Waals surface area contributed by atoms with E-state index < -0.39 is 0 Å². The molecule has 3 heteroatoms. The van der Waals surface area contributed by atoms with Crippen molar-refractivity contribution in [1.29, 1.82) is 0 Å². The molecule has 0 atom stereocenters. The Morgan fingerprint density at radius 1 is 1.70 bits per heavy atom. The fourth-order valence-electron chi connectivity index (χ4n) is 0.829. The molecule has 0 bridgehead atoms. The lowest BCUT2D eigenvalue weighted by Gasteiger charge is -1.84. The Labute approximate surface area is 59.1 Å². The fourth-order valence-corrected chi connectivity index (χ4v) is 0.829. The van der Waals surface area contributed by atoms with Gasteiger partial charge in [0.2, 0.25) is 6.29 Å². The third-order valence-corrected chi connectivity index (χ3v) is 1.33. The second-order valence-electron chi connectivity index (χ2n) is 2.03. The maximum absolute atomic E-state index is 10.1. The predicted octanol–water partition coefficient (Wildman–Crippen LogP) is 1.36. The number of carbonyl (C=O) groups is 1. The minimum Gasteiger partial charge on any atom is -0.439 e. The molecular formula is C7H9NO2. The first-order valence-corrected chi connectivity index (χ1v) is 3.19. The molecule has 0 radical (unpaired) electrons. The molecule has 1 aromatic rings. The standard InChI is InChI=1S/C7H9NO2/c1-3-6-5(2)8-7(4-9)10-6/h4H,3H2,1-2H3. The molecule has 0 aliphatic heterocycles. The Hall–Kier alpha value is -1.12. The summed E-state index contributed by atoms with van der Waals surface area (Å²) in [6, 6.07) is 0. The van der Waals surface area contributed by atoms with Gasteiger partial charge in [0.1, 0.15) is 5.76 Å². The van der Waals surface area contributed by atoms with Gasteiger partial charge in [-0.05, 0) is 6.92 Å². The third-order valence-electron chi connectivity index (χ3n) is 1.33. The highest BCUT2D eigenvalue weighted by Crippen LogP contribution is 2.08. The van der Waals surface area contributed by atoms with Crippen molar-refractivity contribution in [3.05, 3.63) is 17.3 Å². The zero-order chi connectivity index (χ0) is 7.56. The number of rotatable bonds is 2. The van der Waals surface area contributed by atoms with E-state index in [-0.39, 0.29) is 5.89 Å². The van der Waals surface area contributed by atoms with Gasteiger partial charge in [0.05, 0.1) is 5.69 Å². The summed E-state index contributed by atoms with van der Waals surface area (Å²) in [5, 5.41) is 0. The lowest BCUT2D eigenvalue weighted by atomic mass is 10.3. The van der Waals surface area contributed by atoms with Crippen LogP contribution >= 0.6 is 0 Å². The zero-order valence-electron chi connectivity index (χ0n) is 6.05. The normalized spacial score (nSPS) is 9.80. The lowest BCUT2D eigenvalue weighted by molar-refractivity contribution is 0.109. The number of carbonyl (C=O) groups excluding carboxylic acids is 1. The number of aromatic nitrogens is 1. The molecule has 0 saturated carbocycles. The van der Waals surface area contributed by atoms with Crippen LogP contribution < -0.4 is 0 Å². The van der Waals surface area contributed by atoms with E-state index in [0.29, 0.717) is 6.29 Å². The van der Waals surface area contributed by atoms with Crippen LogP contribution in [-0.2, 0) is 6.42 Å². The van der Waals surface area contributed by atoms with Crippen molar-refractivity contribution in [2.45, 2.75) is 20.3 Å². The van der Waals surface area contributed by atoms with Crippen LogP contribution in [0.25, 0.3) is 0 Å². The van der Waals surface area contributed by atoms with Gasteiger partial charge in [0.15, 0.2) is 0 Å². The van der Waals surface area contributed by atoms with Crippen LogP contribution in [0.15, 0.2) is 4.42 Å². The van der Waals surface area contributed by atoms with Crippen LogP contribution in [0.5, 0.6) is 0 Å². The molecule has 54 valence electrons. The van der Waals surface area contributed by atoms with Crippen molar-refractivity contribution in [1.82, 2.24) is 4.98 Å². The Morgan fingerprint density at radius 2 is 2.40 bits per heavy atom. The topological polar surface area (TPSA) is 43.1 Å². The van der Waals surface area contributed by atoms with E-state index in [1.54, 1.807) is 0 Å². The summed E-state index contributed by atoms with van der Waals surface area (Å²) in [6.07, 6.45) is 1.40. The monoisotopic (exact) mass is 139 g/mol. The average molecular weight is 139 g/mol. The Balaban J connectivity index is 3.03. The van der Waals surface area contributed by atoms with Gasteiger partial charge in [-0.3, -0.25) is 4.79 Å². The summed E-state index contributed by atoms with van der Waals surface area (Å²) in [4.78, 5) is 14.0. The molecule has 10 heavy (non-hydrogen) atoms. The highest BCUT2D eigenvalue weighted by molar-refractivity contribution is 5.67. The summed E-state index contributed by atoms with van der Waals surface area (Å²) in [5.41, 5.74) is 0.810. The molecule has 1 heterocycles. The molecule has 0 aromatic carbocycles. The predicted molar refractivity (Wildman–Crippen MR) is 36.0 cm³/mol. The molecule has 0 fully saturated rings. The number of oxazole rings is 1. The van der Waals surface area contributed by atoms with Crippen molar-refractivity contribution in [3.8, 4) is 0 Å². The average Bonchev–Trinajstić information content (AvgIpc) is 2.30. The van der Waals surface area contributed by atoms with Crippen LogP contribution in [0, 0.1) is 6.92 Å². The second-order valence-corrected chi connectivity index (χ2v) is 2.03.